The Kier molecular flexibility index (Phi) is 7.73. The van der Waals surface area contributed by atoms with E-state index >= 15 is 0 Å². The van der Waals surface area contributed by atoms with Crippen LogP contribution < -0.4 is 15.4 Å². The van der Waals surface area contributed by atoms with Crippen LogP contribution in [0.15, 0.2) is 83.3 Å². The predicted molar refractivity (Wildman–Crippen MR) is 168 cm³/mol. The molecule has 3 aromatic carbocycles. The second-order valence-corrected chi connectivity index (χ2v) is 13.0. The number of nitrogens with two attached hydrogens (primary N) is 1. The van der Waals surface area contributed by atoms with Gasteiger partial charge in [-0.15, -0.1) is 0 Å². The maximum atomic E-state index is 13.9. The maximum Gasteiger partial charge on any atom is 0.162 e. The van der Waals surface area contributed by atoms with E-state index in [0.717, 1.165) is 37.2 Å². The molecule has 1 aliphatic heterocycles. The summed E-state index contributed by atoms with van der Waals surface area (Å²) in [6, 6.07) is 21.8. The Morgan fingerprint density at radius 3 is 2.40 bits per heavy atom. The number of hydrogen-bond acceptors (Lipinski definition) is 5. The Balaban J connectivity index is 1.65. The van der Waals surface area contributed by atoms with Gasteiger partial charge in [-0.3, -0.25) is 9.69 Å². The Labute approximate surface area is 254 Å². The molecule has 0 aromatic heterocycles. The van der Waals surface area contributed by atoms with Crippen LogP contribution in [0.3, 0.4) is 0 Å². The molecule has 5 nitrogen and oxygen atoms in total. The van der Waals surface area contributed by atoms with Crippen molar-refractivity contribution in [3.05, 3.63) is 114 Å². The molecule has 1 unspecified atom stereocenters. The Morgan fingerprint density at radius 1 is 1.07 bits per heavy atom. The van der Waals surface area contributed by atoms with Crippen molar-refractivity contribution in [1.82, 2.24) is 0 Å². The lowest BCUT2D eigenvalue weighted by molar-refractivity contribution is -0.118. The largest absolute Gasteiger partial charge is 0.489 e. The lowest BCUT2D eigenvalue weighted by Gasteiger charge is -2.44. The van der Waals surface area contributed by atoms with Crippen molar-refractivity contribution in [1.29, 1.82) is 5.26 Å². The van der Waals surface area contributed by atoms with Crippen LogP contribution in [-0.4, -0.2) is 5.78 Å². The summed E-state index contributed by atoms with van der Waals surface area (Å²) in [5.74, 6) is 0.606. The summed E-state index contributed by atoms with van der Waals surface area (Å²) in [6.07, 6.45) is 1.09. The SMILES string of the molecule is Cc1cc(C)c(C2C(C#N)=C(N)N(c3ccc(I)cc3)C3=C2C(=O)CC(C)(C)C3)cc1COc1ccc(Cl)cc1. The third-order valence-corrected chi connectivity index (χ3v) is 8.68. The van der Waals surface area contributed by atoms with Gasteiger partial charge in [-0.2, -0.15) is 5.26 Å². The zero-order valence-electron chi connectivity index (χ0n) is 23.0. The molecule has 0 bridgehead atoms. The number of carbonyl (C=O) groups excluding carboxylic acids is 1. The number of benzene rings is 3. The standard InChI is InChI=1S/C33H31ClIN3O2/c1-19-13-20(2)26(14-21(19)18-40-25-11-5-22(34)6-12-25)30-27(17-36)32(37)38(24-9-7-23(35)8-10-24)28-15-33(3,4)16-29(39)31(28)30/h5-14,30H,15-16,18,37H2,1-4H3. The van der Waals surface area contributed by atoms with E-state index in [1.807, 2.05) is 55.1 Å². The van der Waals surface area contributed by atoms with Gasteiger partial charge in [-0.05, 0) is 119 Å². The first-order valence-electron chi connectivity index (χ1n) is 13.2. The number of allylic oxidation sites excluding steroid dienone is 3. The van der Waals surface area contributed by atoms with Crippen LogP contribution in [0, 0.1) is 34.2 Å². The first-order valence-corrected chi connectivity index (χ1v) is 14.6. The van der Waals surface area contributed by atoms with Gasteiger partial charge in [-0.1, -0.05) is 37.6 Å². The van der Waals surface area contributed by atoms with Gasteiger partial charge in [0.15, 0.2) is 5.78 Å². The molecule has 2 aliphatic rings. The topological polar surface area (TPSA) is 79.4 Å². The summed E-state index contributed by atoms with van der Waals surface area (Å²) >= 11 is 8.29. The van der Waals surface area contributed by atoms with E-state index in [9.17, 15) is 10.1 Å². The summed E-state index contributed by atoms with van der Waals surface area (Å²) in [4.78, 5) is 15.9. The van der Waals surface area contributed by atoms with Gasteiger partial charge in [0.05, 0.1) is 17.6 Å². The number of ketones is 1. The minimum Gasteiger partial charge on any atom is -0.489 e. The van der Waals surface area contributed by atoms with E-state index < -0.39 is 5.92 Å². The summed E-state index contributed by atoms with van der Waals surface area (Å²) < 4.78 is 7.17. The highest BCUT2D eigenvalue weighted by Crippen LogP contribution is 2.50. The number of hydrogen-bond donors (Lipinski definition) is 1. The van der Waals surface area contributed by atoms with Gasteiger partial charge in [0.25, 0.3) is 0 Å². The molecule has 204 valence electrons. The smallest absolute Gasteiger partial charge is 0.162 e. The number of nitriles is 1. The molecule has 0 spiro atoms. The highest BCUT2D eigenvalue weighted by Gasteiger charge is 2.45. The van der Waals surface area contributed by atoms with E-state index in [1.54, 1.807) is 12.1 Å². The molecule has 0 fully saturated rings. The molecule has 1 atom stereocenters. The van der Waals surface area contributed by atoms with E-state index in [0.29, 0.717) is 47.2 Å². The Bertz CT molecular complexity index is 1600. The zero-order valence-corrected chi connectivity index (χ0v) is 25.9. The Hall–Kier alpha value is -3.28. The molecule has 3 aromatic rings. The van der Waals surface area contributed by atoms with Crippen LogP contribution in [-0.2, 0) is 11.4 Å². The van der Waals surface area contributed by atoms with Crippen molar-refractivity contribution >= 4 is 45.7 Å². The average molecular weight is 664 g/mol. The number of halogens is 2. The minimum atomic E-state index is -0.543. The third-order valence-electron chi connectivity index (χ3n) is 7.71. The lowest BCUT2D eigenvalue weighted by atomic mass is 9.68. The average Bonchev–Trinajstić information content (AvgIpc) is 2.89. The molecule has 40 heavy (non-hydrogen) atoms. The van der Waals surface area contributed by atoms with E-state index in [2.05, 4.69) is 54.6 Å². The highest BCUT2D eigenvalue weighted by molar-refractivity contribution is 14.1. The van der Waals surface area contributed by atoms with Gasteiger partial charge in [-0.25, -0.2) is 0 Å². The number of rotatable bonds is 5. The van der Waals surface area contributed by atoms with Gasteiger partial charge >= 0.3 is 0 Å². The second kappa shape index (κ2) is 10.9. The van der Waals surface area contributed by atoms with Crippen molar-refractivity contribution in [3.8, 4) is 11.8 Å². The summed E-state index contributed by atoms with van der Waals surface area (Å²) in [7, 11) is 0. The molecule has 2 N–H and O–H groups in total. The molecule has 1 heterocycles. The maximum absolute atomic E-state index is 13.9. The van der Waals surface area contributed by atoms with Crippen LogP contribution in [0.4, 0.5) is 5.69 Å². The summed E-state index contributed by atoms with van der Waals surface area (Å²) in [5, 5.41) is 11.1. The van der Waals surface area contributed by atoms with Crippen molar-refractivity contribution in [2.45, 2.75) is 53.1 Å². The number of Topliss-reactive ketones (excluding diaryl/α,β-unsaturated/α-hetero) is 1. The fourth-order valence-electron chi connectivity index (χ4n) is 5.78. The number of ether oxygens (including phenoxy) is 1. The van der Waals surface area contributed by atoms with E-state index in [-0.39, 0.29) is 11.2 Å². The van der Waals surface area contributed by atoms with E-state index in [1.165, 1.54) is 0 Å². The van der Waals surface area contributed by atoms with Crippen molar-refractivity contribution < 1.29 is 9.53 Å². The highest BCUT2D eigenvalue weighted by atomic mass is 127. The molecule has 0 amide bonds. The van der Waals surface area contributed by atoms with Crippen LogP contribution in [0.2, 0.25) is 5.02 Å². The second-order valence-electron chi connectivity index (χ2n) is 11.3. The Morgan fingerprint density at radius 2 is 1.75 bits per heavy atom. The van der Waals surface area contributed by atoms with Gasteiger partial charge in [0.1, 0.15) is 18.2 Å². The van der Waals surface area contributed by atoms with Gasteiger partial charge < -0.3 is 10.5 Å². The molecule has 0 radical (unpaired) electrons. The third kappa shape index (κ3) is 5.37. The predicted octanol–water partition coefficient (Wildman–Crippen LogP) is 8.08. The van der Waals surface area contributed by atoms with Crippen LogP contribution in [0.1, 0.15) is 54.9 Å². The van der Waals surface area contributed by atoms with Crippen LogP contribution in [0.5, 0.6) is 5.75 Å². The lowest BCUT2D eigenvalue weighted by Crippen LogP contribution is -2.42. The fraction of sp³-hybridized carbons (Fsp3) is 0.273. The number of anilines is 1. The molecule has 0 saturated heterocycles. The van der Waals surface area contributed by atoms with Crippen LogP contribution >= 0.6 is 34.2 Å². The number of aryl methyl sites for hydroxylation is 2. The van der Waals surface area contributed by atoms with Crippen molar-refractivity contribution in [2.75, 3.05) is 4.90 Å². The molecular formula is C33H31ClIN3O2. The first-order chi connectivity index (χ1) is 19.0. The molecule has 5 rings (SSSR count). The first kappa shape index (κ1) is 28.3. The fourth-order valence-corrected chi connectivity index (χ4v) is 6.27. The van der Waals surface area contributed by atoms with Crippen molar-refractivity contribution in [2.24, 2.45) is 11.1 Å². The van der Waals surface area contributed by atoms with Crippen molar-refractivity contribution in [3.63, 3.8) is 0 Å². The quantitative estimate of drug-likeness (QED) is 0.279. The van der Waals surface area contributed by atoms with Crippen LogP contribution in [0.25, 0.3) is 0 Å². The number of carbonyl (C=O) groups is 1. The number of nitrogens with zero attached hydrogens (tertiary/aromatic N) is 2. The molecule has 1 aliphatic carbocycles. The van der Waals surface area contributed by atoms with Gasteiger partial charge in [0, 0.05) is 32.0 Å². The van der Waals surface area contributed by atoms with Gasteiger partial charge in [0.2, 0.25) is 0 Å². The molecular weight excluding hydrogens is 633 g/mol. The summed E-state index contributed by atoms with van der Waals surface area (Å²) in [5.41, 5.74) is 13.4. The monoisotopic (exact) mass is 663 g/mol. The summed E-state index contributed by atoms with van der Waals surface area (Å²) in [6.45, 7) is 8.64. The molecule has 7 heteroatoms. The molecule has 0 saturated carbocycles. The zero-order chi connectivity index (χ0) is 28.8. The van der Waals surface area contributed by atoms with E-state index in [4.69, 9.17) is 22.1 Å². The normalized spacial score (nSPS) is 18.5. The minimum absolute atomic E-state index is 0.0611.